The van der Waals surface area contributed by atoms with Gasteiger partial charge in [0.2, 0.25) is 0 Å². The lowest BCUT2D eigenvalue weighted by molar-refractivity contribution is 0.291. The molecule has 4 heterocycles. The first-order valence-corrected chi connectivity index (χ1v) is 10.2. The number of nitrogens with one attached hydrogen (secondary N) is 1. The lowest BCUT2D eigenvalue weighted by Crippen LogP contribution is -2.28. The molecule has 0 saturated heterocycles. The van der Waals surface area contributed by atoms with E-state index in [1.54, 1.807) is 7.11 Å². The van der Waals surface area contributed by atoms with Gasteiger partial charge >= 0.3 is 0 Å². The molecule has 6 heteroatoms. The highest BCUT2D eigenvalue weighted by Crippen LogP contribution is 2.31. The van der Waals surface area contributed by atoms with E-state index in [1.165, 1.54) is 16.5 Å². The number of aromatic nitrogens is 3. The van der Waals surface area contributed by atoms with Crippen molar-refractivity contribution in [3.8, 4) is 5.75 Å². The third-order valence-electron chi connectivity index (χ3n) is 5.38. The predicted molar refractivity (Wildman–Crippen MR) is 116 cm³/mol. The van der Waals surface area contributed by atoms with Crippen LogP contribution < -0.4 is 4.74 Å². The molecule has 1 N–H and O–H groups in total. The van der Waals surface area contributed by atoms with Gasteiger partial charge in [-0.1, -0.05) is 6.08 Å². The van der Waals surface area contributed by atoms with E-state index in [4.69, 9.17) is 9.72 Å². The summed E-state index contributed by atoms with van der Waals surface area (Å²) in [7, 11) is 1.71. The van der Waals surface area contributed by atoms with Gasteiger partial charge in [-0.25, -0.2) is 4.98 Å². The largest absolute Gasteiger partial charge is 0.497 e. The minimum atomic E-state index is 0.866. The molecular weight excluding hydrogens is 416 g/mol. The zero-order valence-corrected chi connectivity index (χ0v) is 17.2. The van der Waals surface area contributed by atoms with Crippen LogP contribution in [0.5, 0.6) is 5.75 Å². The van der Waals surface area contributed by atoms with Crippen molar-refractivity contribution in [2.45, 2.75) is 13.0 Å². The predicted octanol–water partition coefficient (Wildman–Crippen LogP) is 4.88. The number of nitrogens with zero attached hydrogens (tertiary/aromatic N) is 3. The molecule has 0 atom stereocenters. The molecule has 5 nitrogen and oxygen atoms in total. The standard InChI is InChI=1S/C22H21BrN4O/c1-28-18-3-4-21-19(10-18)20(11-24-21)15-6-8-26(9-7-15)13-17-14-27-12-16(23)2-5-22(27)25-17/h2-6,10-12,14,24H,7-9,13H2,1H3. The van der Waals surface area contributed by atoms with Gasteiger partial charge in [0, 0.05) is 59.2 Å². The number of hydrogen-bond donors (Lipinski definition) is 1. The molecule has 3 aromatic heterocycles. The topological polar surface area (TPSA) is 45.6 Å². The number of ether oxygens (including phenoxy) is 1. The van der Waals surface area contributed by atoms with Crippen molar-refractivity contribution in [1.29, 1.82) is 0 Å². The van der Waals surface area contributed by atoms with E-state index in [2.05, 4.69) is 60.8 Å². The van der Waals surface area contributed by atoms with Gasteiger partial charge < -0.3 is 14.1 Å². The van der Waals surface area contributed by atoms with E-state index < -0.39 is 0 Å². The zero-order valence-electron chi connectivity index (χ0n) is 15.7. The average molecular weight is 437 g/mol. The summed E-state index contributed by atoms with van der Waals surface area (Å²) < 4.78 is 8.53. The first-order valence-electron chi connectivity index (χ1n) is 9.39. The van der Waals surface area contributed by atoms with E-state index in [0.29, 0.717) is 0 Å². The van der Waals surface area contributed by atoms with Crippen LogP contribution in [0.15, 0.2) is 59.5 Å². The Labute approximate surface area is 171 Å². The smallest absolute Gasteiger partial charge is 0.137 e. The molecule has 1 aliphatic rings. The molecule has 0 unspecified atom stereocenters. The van der Waals surface area contributed by atoms with Gasteiger partial charge in [-0.2, -0.15) is 0 Å². The number of hydrogen-bond acceptors (Lipinski definition) is 3. The van der Waals surface area contributed by atoms with E-state index in [0.717, 1.165) is 53.1 Å². The Morgan fingerprint density at radius 3 is 2.96 bits per heavy atom. The highest BCUT2D eigenvalue weighted by atomic mass is 79.9. The van der Waals surface area contributed by atoms with Crippen LogP contribution in [0.3, 0.4) is 0 Å². The minimum absolute atomic E-state index is 0.866. The van der Waals surface area contributed by atoms with Crippen molar-refractivity contribution in [3.05, 3.63) is 70.7 Å². The molecule has 5 rings (SSSR count). The minimum Gasteiger partial charge on any atom is -0.497 e. The summed E-state index contributed by atoms with van der Waals surface area (Å²) in [5, 5.41) is 1.23. The fraction of sp³-hybridized carbons (Fsp3) is 0.227. The summed E-state index contributed by atoms with van der Waals surface area (Å²) in [6.07, 6.45) is 9.66. The first kappa shape index (κ1) is 17.5. The Bertz CT molecular complexity index is 1190. The molecule has 0 spiro atoms. The van der Waals surface area contributed by atoms with Crippen molar-refractivity contribution in [2.24, 2.45) is 0 Å². The van der Waals surface area contributed by atoms with Crippen molar-refractivity contribution in [3.63, 3.8) is 0 Å². The summed E-state index contributed by atoms with van der Waals surface area (Å²) in [4.78, 5) is 10.6. The Hall–Kier alpha value is -2.57. The van der Waals surface area contributed by atoms with Crippen molar-refractivity contribution < 1.29 is 4.74 Å². The first-order chi connectivity index (χ1) is 13.7. The number of fused-ring (bicyclic) bond motifs is 2. The maximum absolute atomic E-state index is 5.40. The number of H-pyrrole nitrogens is 1. The highest BCUT2D eigenvalue weighted by molar-refractivity contribution is 9.10. The van der Waals surface area contributed by atoms with Crippen molar-refractivity contribution >= 4 is 38.1 Å². The van der Waals surface area contributed by atoms with Crippen molar-refractivity contribution in [1.82, 2.24) is 19.3 Å². The van der Waals surface area contributed by atoms with Gasteiger partial charge in [-0.15, -0.1) is 0 Å². The maximum Gasteiger partial charge on any atom is 0.137 e. The van der Waals surface area contributed by atoms with Crippen LogP contribution >= 0.6 is 15.9 Å². The van der Waals surface area contributed by atoms with Crippen molar-refractivity contribution in [2.75, 3.05) is 20.2 Å². The molecule has 1 aliphatic heterocycles. The Morgan fingerprint density at radius 2 is 2.14 bits per heavy atom. The Kier molecular flexibility index (Phi) is 4.45. The van der Waals surface area contributed by atoms with Gasteiger partial charge in [0.05, 0.1) is 12.8 Å². The normalized spacial score (nSPS) is 15.3. The molecule has 0 saturated carbocycles. The quantitative estimate of drug-likeness (QED) is 0.495. The second-order valence-electron chi connectivity index (χ2n) is 7.17. The number of pyridine rings is 1. The van der Waals surface area contributed by atoms with Crippen LogP contribution in [0.25, 0.3) is 22.1 Å². The number of imidazole rings is 1. The number of rotatable bonds is 4. The Balaban J connectivity index is 1.34. The summed E-state index contributed by atoms with van der Waals surface area (Å²) >= 11 is 3.51. The lowest BCUT2D eigenvalue weighted by atomic mass is 9.98. The fourth-order valence-electron chi connectivity index (χ4n) is 3.91. The number of benzene rings is 1. The highest BCUT2D eigenvalue weighted by Gasteiger charge is 2.17. The number of methoxy groups -OCH3 is 1. The van der Waals surface area contributed by atoms with Crippen LogP contribution in [-0.4, -0.2) is 39.5 Å². The second-order valence-corrected chi connectivity index (χ2v) is 8.09. The summed E-state index contributed by atoms with van der Waals surface area (Å²) in [5.74, 6) is 0.893. The summed E-state index contributed by atoms with van der Waals surface area (Å²) in [6.45, 7) is 2.83. The second kappa shape index (κ2) is 7.11. The van der Waals surface area contributed by atoms with E-state index in [-0.39, 0.29) is 0 Å². The molecule has 0 amide bonds. The molecule has 4 aromatic rings. The van der Waals surface area contributed by atoms with Gasteiger partial charge in [0.15, 0.2) is 0 Å². The van der Waals surface area contributed by atoms with Crippen LogP contribution in [0.2, 0.25) is 0 Å². The summed E-state index contributed by atoms with van der Waals surface area (Å²) in [5.41, 5.74) is 5.92. The SMILES string of the molecule is COc1ccc2[nH]cc(C3=CCN(Cc4cn5cc(Br)ccc5n4)CC3)c2c1. The third-order valence-corrected chi connectivity index (χ3v) is 5.85. The average Bonchev–Trinajstić information content (AvgIpc) is 3.31. The molecule has 0 radical (unpaired) electrons. The molecular formula is C22H21BrN4O. The van der Waals surface area contributed by atoms with Crippen LogP contribution in [0, 0.1) is 0 Å². The molecule has 0 aliphatic carbocycles. The Morgan fingerprint density at radius 1 is 1.21 bits per heavy atom. The van der Waals surface area contributed by atoms with Gasteiger partial charge in [0.25, 0.3) is 0 Å². The fourth-order valence-corrected chi connectivity index (χ4v) is 4.27. The van der Waals surface area contributed by atoms with Gasteiger partial charge in [-0.3, -0.25) is 4.90 Å². The summed E-state index contributed by atoms with van der Waals surface area (Å²) in [6, 6.07) is 10.2. The lowest BCUT2D eigenvalue weighted by Gasteiger charge is -2.25. The monoisotopic (exact) mass is 436 g/mol. The maximum atomic E-state index is 5.40. The molecule has 1 aromatic carbocycles. The van der Waals surface area contributed by atoms with Crippen LogP contribution in [0.4, 0.5) is 0 Å². The molecule has 142 valence electrons. The number of aromatic amines is 1. The molecule has 28 heavy (non-hydrogen) atoms. The van der Waals surface area contributed by atoms with Crippen LogP contribution in [-0.2, 0) is 6.54 Å². The van der Waals surface area contributed by atoms with E-state index >= 15 is 0 Å². The van der Waals surface area contributed by atoms with Gasteiger partial charge in [-0.05, 0) is 58.3 Å². The zero-order chi connectivity index (χ0) is 19.1. The third kappa shape index (κ3) is 3.23. The molecule has 0 bridgehead atoms. The van der Waals surface area contributed by atoms with Gasteiger partial charge in [0.1, 0.15) is 11.4 Å². The number of halogens is 1. The van der Waals surface area contributed by atoms with E-state index in [9.17, 15) is 0 Å². The van der Waals surface area contributed by atoms with Crippen LogP contribution in [0.1, 0.15) is 17.7 Å². The molecule has 0 fully saturated rings. The van der Waals surface area contributed by atoms with E-state index in [1.807, 2.05) is 24.4 Å².